The fourth-order valence-electron chi connectivity index (χ4n) is 3.32. The molecule has 9 heteroatoms. The van der Waals surface area contributed by atoms with Gasteiger partial charge in [-0.05, 0) is 62.1 Å². The number of thiophene rings is 1. The number of carbonyl (C=O) groups excluding carboxylic acids is 3. The summed E-state index contributed by atoms with van der Waals surface area (Å²) in [6.07, 6.45) is 8.20. The van der Waals surface area contributed by atoms with E-state index < -0.39 is 17.8 Å². The summed E-state index contributed by atoms with van der Waals surface area (Å²) in [7, 11) is 0. The molecular formula is C22H25N3O4S2. The van der Waals surface area contributed by atoms with Crippen LogP contribution >= 0.6 is 23.1 Å². The number of carbonyl (C=O) groups is 3. The van der Waals surface area contributed by atoms with Gasteiger partial charge in [-0.2, -0.15) is 5.10 Å². The van der Waals surface area contributed by atoms with E-state index in [2.05, 4.69) is 15.8 Å². The average Bonchev–Trinajstić information content (AvgIpc) is 2.94. The molecule has 0 fully saturated rings. The first-order valence-electron chi connectivity index (χ1n) is 10.1. The lowest BCUT2D eigenvalue weighted by atomic mass is 10.1. The van der Waals surface area contributed by atoms with E-state index in [0.29, 0.717) is 10.6 Å². The Balaban J connectivity index is 1.69. The van der Waals surface area contributed by atoms with Crippen LogP contribution in [-0.2, 0) is 27.2 Å². The van der Waals surface area contributed by atoms with Gasteiger partial charge in [0.1, 0.15) is 5.00 Å². The molecule has 1 aromatic heterocycles. The van der Waals surface area contributed by atoms with Gasteiger partial charge >= 0.3 is 17.8 Å². The van der Waals surface area contributed by atoms with Crippen molar-refractivity contribution in [3.63, 3.8) is 0 Å². The SMILES string of the molecule is CCOC(=O)c1c(NC(=O)C(=O)N/N=C/c2ccc(SC)cc2)sc2c1CCCCC2. The van der Waals surface area contributed by atoms with E-state index in [9.17, 15) is 14.4 Å². The number of hydrogen-bond donors (Lipinski definition) is 2. The zero-order chi connectivity index (χ0) is 22.2. The lowest BCUT2D eigenvalue weighted by Gasteiger charge is -2.08. The molecule has 2 aromatic rings. The van der Waals surface area contributed by atoms with Crippen LogP contribution in [-0.4, -0.2) is 36.9 Å². The number of amides is 2. The third-order valence-corrected chi connectivity index (χ3v) is 6.78. The van der Waals surface area contributed by atoms with E-state index in [-0.39, 0.29) is 6.61 Å². The minimum absolute atomic E-state index is 0.240. The maximum atomic E-state index is 12.5. The first-order chi connectivity index (χ1) is 15.0. The summed E-state index contributed by atoms with van der Waals surface area (Å²) >= 11 is 2.98. The molecule has 0 saturated carbocycles. The summed E-state index contributed by atoms with van der Waals surface area (Å²) in [5, 5.41) is 6.79. The number of nitrogens with zero attached hydrogens (tertiary/aromatic N) is 1. The molecular weight excluding hydrogens is 434 g/mol. The van der Waals surface area contributed by atoms with Gasteiger partial charge in [0.15, 0.2) is 0 Å². The monoisotopic (exact) mass is 459 g/mol. The molecule has 0 atom stereocenters. The lowest BCUT2D eigenvalue weighted by molar-refractivity contribution is -0.136. The van der Waals surface area contributed by atoms with Crippen molar-refractivity contribution in [2.24, 2.45) is 5.10 Å². The van der Waals surface area contributed by atoms with Crippen molar-refractivity contribution >= 4 is 52.1 Å². The van der Waals surface area contributed by atoms with Gasteiger partial charge in [0.05, 0.1) is 18.4 Å². The minimum atomic E-state index is -0.907. The molecule has 3 rings (SSSR count). The van der Waals surface area contributed by atoms with E-state index in [0.717, 1.165) is 53.0 Å². The summed E-state index contributed by atoms with van der Waals surface area (Å²) in [5.74, 6) is -2.25. The number of hydrazone groups is 1. The Morgan fingerprint density at radius 3 is 2.58 bits per heavy atom. The van der Waals surface area contributed by atoms with E-state index in [1.54, 1.807) is 18.7 Å². The van der Waals surface area contributed by atoms with Crippen LogP contribution in [0.4, 0.5) is 5.00 Å². The highest BCUT2D eigenvalue weighted by molar-refractivity contribution is 7.98. The molecule has 7 nitrogen and oxygen atoms in total. The largest absolute Gasteiger partial charge is 0.462 e. The van der Waals surface area contributed by atoms with Gasteiger partial charge in [-0.15, -0.1) is 23.1 Å². The van der Waals surface area contributed by atoms with Crippen LogP contribution in [0.25, 0.3) is 0 Å². The van der Waals surface area contributed by atoms with Crippen molar-refractivity contribution in [3.05, 3.63) is 45.8 Å². The summed E-state index contributed by atoms with van der Waals surface area (Å²) in [5.41, 5.74) is 4.33. The maximum Gasteiger partial charge on any atom is 0.341 e. The van der Waals surface area contributed by atoms with Crippen molar-refractivity contribution in [2.45, 2.75) is 43.9 Å². The first kappa shape index (κ1) is 23.0. The number of hydrogen-bond acceptors (Lipinski definition) is 7. The van der Waals surface area contributed by atoms with Gasteiger partial charge in [-0.1, -0.05) is 18.6 Å². The molecule has 1 heterocycles. The Labute approximate surface area is 189 Å². The van der Waals surface area contributed by atoms with Crippen LogP contribution in [0.1, 0.15) is 52.5 Å². The van der Waals surface area contributed by atoms with Crippen LogP contribution < -0.4 is 10.7 Å². The van der Waals surface area contributed by atoms with Crippen molar-refractivity contribution in [2.75, 3.05) is 18.2 Å². The van der Waals surface area contributed by atoms with Gasteiger partial charge in [-0.3, -0.25) is 9.59 Å². The Morgan fingerprint density at radius 2 is 1.87 bits per heavy atom. The molecule has 2 N–H and O–H groups in total. The maximum absolute atomic E-state index is 12.5. The molecule has 0 aliphatic heterocycles. The van der Waals surface area contributed by atoms with Crippen molar-refractivity contribution in [1.82, 2.24) is 5.43 Å². The van der Waals surface area contributed by atoms with Gasteiger partial charge in [-0.25, -0.2) is 10.2 Å². The van der Waals surface area contributed by atoms with E-state index in [4.69, 9.17) is 4.74 Å². The van der Waals surface area contributed by atoms with Crippen molar-refractivity contribution in [3.8, 4) is 0 Å². The standard InChI is InChI=1S/C22H25N3O4S2/c1-3-29-22(28)18-16-7-5-4-6-8-17(16)31-21(18)24-19(26)20(27)25-23-13-14-9-11-15(30-2)12-10-14/h9-13H,3-8H2,1-2H3,(H,24,26)(H,25,27)/b23-13+. The molecule has 1 aliphatic carbocycles. The lowest BCUT2D eigenvalue weighted by Crippen LogP contribution is -2.32. The highest BCUT2D eigenvalue weighted by atomic mass is 32.2. The van der Waals surface area contributed by atoms with E-state index in [1.807, 2.05) is 30.5 Å². The number of fused-ring (bicyclic) bond motifs is 1. The molecule has 0 spiro atoms. The van der Waals surface area contributed by atoms with Crippen molar-refractivity contribution < 1.29 is 19.1 Å². The third kappa shape index (κ3) is 5.95. The number of anilines is 1. The number of benzene rings is 1. The molecule has 0 saturated heterocycles. The number of esters is 1. The molecule has 0 radical (unpaired) electrons. The van der Waals surface area contributed by atoms with Gasteiger partial charge in [0.2, 0.25) is 0 Å². The van der Waals surface area contributed by atoms with E-state index in [1.165, 1.54) is 17.6 Å². The van der Waals surface area contributed by atoms with Crippen LogP contribution in [0.5, 0.6) is 0 Å². The second kappa shape index (κ2) is 11.1. The van der Waals surface area contributed by atoms with Crippen molar-refractivity contribution in [1.29, 1.82) is 0 Å². The number of aryl methyl sites for hydroxylation is 1. The van der Waals surface area contributed by atoms with Crippen LogP contribution in [0.3, 0.4) is 0 Å². The number of thioether (sulfide) groups is 1. The first-order valence-corrected chi connectivity index (χ1v) is 12.2. The van der Waals surface area contributed by atoms with Gasteiger partial charge in [0.25, 0.3) is 0 Å². The summed E-state index contributed by atoms with van der Waals surface area (Å²) < 4.78 is 5.20. The molecule has 1 aromatic carbocycles. The number of nitrogens with one attached hydrogen (secondary N) is 2. The van der Waals surface area contributed by atoms with Crippen LogP contribution in [0, 0.1) is 0 Å². The van der Waals surface area contributed by atoms with Crippen LogP contribution in [0.2, 0.25) is 0 Å². The molecule has 31 heavy (non-hydrogen) atoms. The number of ether oxygens (including phenoxy) is 1. The fraction of sp³-hybridized carbons (Fsp3) is 0.364. The molecule has 1 aliphatic rings. The summed E-state index contributed by atoms with van der Waals surface area (Å²) in [6, 6.07) is 7.62. The Bertz CT molecular complexity index is 983. The molecule has 2 amide bonds. The topological polar surface area (TPSA) is 96.9 Å². The molecule has 164 valence electrons. The van der Waals surface area contributed by atoms with Gasteiger partial charge < -0.3 is 10.1 Å². The minimum Gasteiger partial charge on any atom is -0.462 e. The zero-order valence-corrected chi connectivity index (χ0v) is 19.2. The summed E-state index contributed by atoms with van der Waals surface area (Å²) in [4.78, 5) is 39.3. The van der Waals surface area contributed by atoms with E-state index >= 15 is 0 Å². The second-order valence-electron chi connectivity index (χ2n) is 6.92. The smallest absolute Gasteiger partial charge is 0.341 e. The Morgan fingerprint density at radius 1 is 1.13 bits per heavy atom. The third-order valence-electron chi connectivity index (χ3n) is 4.83. The second-order valence-corrected chi connectivity index (χ2v) is 8.90. The highest BCUT2D eigenvalue weighted by Gasteiger charge is 2.27. The van der Waals surface area contributed by atoms with Crippen LogP contribution in [0.15, 0.2) is 34.3 Å². The quantitative estimate of drug-likeness (QED) is 0.170. The predicted molar refractivity (Wildman–Crippen MR) is 124 cm³/mol. The zero-order valence-electron chi connectivity index (χ0n) is 17.5. The predicted octanol–water partition coefficient (Wildman–Crippen LogP) is 4.00. The molecule has 0 bridgehead atoms. The number of rotatable bonds is 6. The fourth-order valence-corrected chi connectivity index (χ4v) is 5.00. The summed E-state index contributed by atoms with van der Waals surface area (Å²) in [6.45, 7) is 1.98. The Hall–Kier alpha value is -2.65. The average molecular weight is 460 g/mol. The van der Waals surface area contributed by atoms with Gasteiger partial charge in [0, 0.05) is 9.77 Å². The highest BCUT2D eigenvalue weighted by Crippen LogP contribution is 2.38. The molecule has 0 unspecified atom stereocenters. The normalized spacial score (nSPS) is 13.4. The Kier molecular flexibility index (Phi) is 8.25.